The molecule has 1 aromatic carbocycles. The molecule has 1 aliphatic rings. The standard InChI is InChI=1S/C18H20ClN3O/c1-4-14-5-6-16(10-18(14)19)22(17-7-8-21(3)12-17)11-15-9-13(2)23-20-15/h1,5-6,9-10,17H,7-8,11-12H2,2-3H3. The second-order valence-corrected chi connectivity index (χ2v) is 6.48. The Kier molecular flexibility index (Phi) is 4.61. The van der Waals surface area contributed by atoms with Crippen molar-refractivity contribution in [2.75, 3.05) is 25.0 Å². The Morgan fingerprint density at radius 2 is 2.30 bits per heavy atom. The SMILES string of the molecule is C#Cc1ccc(N(Cc2cc(C)on2)C2CCN(C)C2)cc1Cl. The summed E-state index contributed by atoms with van der Waals surface area (Å²) in [7, 11) is 2.15. The smallest absolute Gasteiger partial charge is 0.133 e. The summed E-state index contributed by atoms with van der Waals surface area (Å²) in [5.41, 5.74) is 2.71. The molecule has 4 nitrogen and oxygen atoms in total. The monoisotopic (exact) mass is 329 g/mol. The minimum Gasteiger partial charge on any atom is -0.361 e. The predicted molar refractivity (Wildman–Crippen MR) is 92.7 cm³/mol. The highest BCUT2D eigenvalue weighted by atomic mass is 35.5. The van der Waals surface area contributed by atoms with Crippen molar-refractivity contribution in [3.05, 3.63) is 46.3 Å². The number of aryl methyl sites for hydroxylation is 1. The average Bonchev–Trinajstić information content (AvgIpc) is 3.13. The van der Waals surface area contributed by atoms with Gasteiger partial charge >= 0.3 is 0 Å². The molecule has 0 spiro atoms. The topological polar surface area (TPSA) is 32.5 Å². The predicted octanol–water partition coefficient (Wildman–Crippen LogP) is 3.33. The van der Waals surface area contributed by atoms with Crippen molar-refractivity contribution >= 4 is 17.3 Å². The van der Waals surface area contributed by atoms with Crippen molar-refractivity contribution in [1.82, 2.24) is 10.1 Å². The van der Waals surface area contributed by atoms with Gasteiger partial charge in [0, 0.05) is 29.9 Å². The summed E-state index contributed by atoms with van der Waals surface area (Å²) in [4.78, 5) is 4.68. The molecule has 1 saturated heterocycles. The molecule has 2 aromatic rings. The van der Waals surface area contributed by atoms with Gasteiger partial charge in [-0.15, -0.1) is 6.42 Å². The molecule has 3 rings (SSSR count). The average molecular weight is 330 g/mol. The van der Waals surface area contributed by atoms with Crippen molar-refractivity contribution < 1.29 is 4.52 Å². The van der Waals surface area contributed by atoms with Crippen molar-refractivity contribution in [3.63, 3.8) is 0 Å². The maximum Gasteiger partial charge on any atom is 0.133 e. The molecule has 1 atom stereocenters. The van der Waals surface area contributed by atoms with E-state index in [0.29, 0.717) is 17.6 Å². The largest absolute Gasteiger partial charge is 0.361 e. The van der Waals surface area contributed by atoms with Gasteiger partial charge in [-0.25, -0.2) is 0 Å². The molecule has 2 heterocycles. The summed E-state index contributed by atoms with van der Waals surface area (Å²) < 4.78 is 5.21. The first-order valence-corrected chi connectivity index (χ1v) is 8.08. The van der Waals surface area contributed by atoms with E-state index in [9.17, 15) is 0 Å². The molecule has 0 saturated carbocycles. The Labute approximate surface area is 142 Å². The molecule has 0 radical (unpaired) electrons. The van der Waals surface area contributed by atoms with Gasteiger partial charge in [-0.3, -0.25) is 0 Å². The van der Waals surface area contributed by atoms with E-state index in [1.54, 1.807) is 0 Å². The van der Waals surface area contributed by atoms with Crippen LogP contribution in [0.15, 0.2) is 28.8 Å². The maximum absolute atomic E-state index is 6.30. The lowest BCUT2D eigenvalue weighted by atomic mass is 10.1. The third kappa shape index (κ3) is 3.52. The lowest BCUT2D eigenvalue weighted by Crippen LogP contribution is -2.36. The Bertz CT molecular complexity index is 734. The molecule has 1 unspecified atom stereocenters. The molecule has 1 fully saturated rings. The summed E-state index contributed by atoms with van der Waals surface area (Å²) in [5, 5.41) is 4.74. The van der Waals surface area contributed by atoms with Gasteiger partial charge in [0.1, 0.15) is 11.5 Å². The molecule has 1 aromatic heterocycles. The van der Waals surface area contributed by atoms with E-state index in [1.807, 2.05) is 31.2 Å². The minimum absolute atomic E-state index is 0.421. The Balaban J connectivity index is 1.91. The van der Waals surface area contributed by atoms with Crippen LogP contribution in [0.3, 0.4) is 0 Å². The summed E-state index contributed by atoms with van der Waals surface area (Å²) in [6.45, 7) is 4.71. The van der Waals surface area contributed by atoms with Crippen LogP contribution in [0, 0.1) is 19.3 Å². The van der Waals surface area contributed by atoms with Crippen LogP contribution in [0.1, 0.15) is 23.4 Å². The molecule has 120 valence electrons. The number of benzene rings is 1. The van der Waals surface area contributed by atoms with Crippen LogP contribution in [0.5, 0.6) is 0 Å². The highest BCUT2D eigenvalue weighted by molar-refractivity contribution is 6.32. The number of hydrogen-bond acceptors (Lipinski definition) is 4. The summed E-state index contributed by atoms with van der Waals surface area (Å²) in [6, 6.07) is 8.28. The van der Waals surface area contributed by atoms with E-state index in [-0.39, 0.29) is 0 Å². The normalized spacial score (nSPS) is 18.1. The lowest BCUT2D eigenvalue weighted by Gasteiger charge is -2.30. The molecular weight excluding hydrogens is 310 g/mol. The third-order valence-corrected chi connectivity index (χ3v) is 4.57. The van der Waals surface area contributed by atoms with Crippen molar-refractivity contribution in [3.8, 4) is 12.3 Å². The quantitative estimate of drug-likeness (QED) is 0.805. The number of hydrogen-bond donors (Lipinski definition) is 0. The summed E-state index contributed by atoms with van der Waals surface area (Å²) in [5.74, 6) is 3.43. The van der Waals surface area contributed by atoms with Gasteiger partial charge in [0.15, 0.2) is 0 Å². The number of nitrogens with zero attached hydrogens (tertiary/aromatic N) is 3. The van der Waals surface area contributed by atoms with Crippen molar-refractivity contribution in [1.29, 1.82) is 0 Å². The molecule has 1 aliphatic heterocycles. The van der Waals surface area contributed by atoms with Crippen LogP contribution in [0.4, 0.5) is 5.69 Å². The molecule has 0 amide bonds. The van der Waals surface area contributed by atoms with Crippen LogP contribution in [-0.2, 0) is 6.54 Å². The van der Waals surface area contributed by atoms with Crippen LogP contribution < -0.4 is 4.90 Å². The zero-order valence-corrected chi connectivity index (χ0v) is 14.2. The number of rotatable bonds is 4. The van der Waals surface area contributed by atoms with Gasteiger partial charge in [-0.2, -0.15) is 0 Å². The molecule has 23 heavy (non-hydrogen) atoms. The maximum atomic E-state index is 6.30. The van der Waals surface area contributed by atoms with E-state index in [4.69, 9.17) is 22.5 Å². The van der Waals surface area contributed by atoms with Crippen LogP contribution in [0.25, 0.3) is 0 Å². The Hall–Kier alpha value is -1.96. The molecular formula is C18H20ClN3O. The number of likely N-dealkylation sites (tertiary alicyclic amines) is 1. The minimum atomic E-state index is 0.421. The first-order chi connectivity index (χ1) is 11.1. The fraction of sp³-hybridized carbons (Fsp3) is 0.389. The zero-order valence-electron chi connectivity index (χ0n) is 13.4. The second kappa shape index (κ2) is 6.66. The van der Waals surface area contributed by atoms with Gasteiger partial charge < -0.3 is 14.3 Å². The third-order valence-electron chi connectivity index (χ3n) is 4.26. The van der Waals surface area contributed by atoms with Crippen molar-refractivity contribution in [2.24, 2.45) is 0 Å². The van der Waals surface area contributed by atoms with E-state index in [2.05, 4.69) is 27.9 Å². The summed E-state index contributed by atoms with van der Waals surface area (Å²) in [6.07, 6.45) is 6.58. The van der Waals surface area contributed by atoms with Gasteiger partial charge in [-0.05, 0) is 45.1 Å². The Morgan fingerprint density at radius 3 is 2.87 bits per heavy atom. The van der Waals surface area contributed by atoms with E-state index in [0.717, 1.165) is 42.2 Å². The molecule has 0 bridgehead atoms. The van der Waals surface area contributed by atoms with Crippen LogP contribution in [0.2, 0.25) is 5.02 Å². The molecule has 0 N–H and O–H groups in total. The van der Waals surface area contributed by atoms with Gasteiger partial charge in [0.25, 0.3) is 0 Å². The number of likely N-dealkylation sites (N-methyl/N-ethyl adjacent to an activating group) is 1. The first-order valence-electron chi connectivity index (χ1n) is 7.70. The lowest BCUT2D eigenvalue weighted by molar-refractivity contribution is 0.387. The Morgan fingerprint density at radius 1 is 1.48 bits per heavy atom. The number of halogens is 1. The van der Waals surface area contributed by atoms with Crippen LogP contribution in [-0.4, -0.2) is 36.2 Å². The van der Waals surface area contributed by atoms with Gasteiger partial charge in [0.2, 0.25) is 0 Å². The van der Waals surface area contributed by atoms with E-state index < -0.39 is 0 Å². The number of aromatic nitrogens is 1. The molecule has 5 heteroatoms. The summed E-state index contributed by atoms with van der Waals surface area (Å²) >= 11 is 6.30. The highest BCUT2D eigenvalue weighted by Crippen LogP contribution is 2.28. The first kappa shape index (κ1) is 15.9. The van der Waals surface area contributed by atoms with Gasteiger partial charge in [-0.1, -0.05) is 22.7 Å². The fourth-order valence-corrected chi connectivity index (χ4v) is 3.29. The van der Waals surface area contributed by atoms with E-state index >= 15 is 0 Å². The number of terminal acetylenes is 1. The molecule has 0 aliphatic carbocycles. The second-order valence-electron chi connectivity index (χ2n) is 6.07. The van der Waals surface area contributed by atoms with Crippen molar-refractivity contribution in [2.45, 2.75) is 25.9 Å². The number of anilines is 1. The fourth-order valence-electron chi connectivity index (χ4n) is 3.06. The highest BCUT2D eigenvalue weighted by Gasteiger charge is 2.27. The van der Waals surface area contributed by atoms with Crippen LogP contribution >= 0.6 is 11.6 Å². The van der Waals surface area contributed by atoms with E-state index in [1.165, 1.54) is 0 Å². The van der Waals surface area contributed by atoms with Gasteiger partial charge in [0.05, 0.1) is 11.6 Å². The zero-order chi connectivity index (χ0) is 16.4.